The highest BCUT2D eigenvalue weighted by Crippen LogP contribution is 2.32. The molecule has 7 nitrogen and oxygen atoms in total. The van der Waals surface area contributed by atoms with Crippen LogP contribution in [0.25, 0.3) is 11.3 Å². The second-order valence-corrected chi connectivity index (χ2v) is 5.80. The molecule has 1 aromatic carbocycles. The normalized spacial score (nSPS) is 17.8. The number of carbonyl (C=O) groups excluding carboxylic acids is 1. The first-order valence-corrected chi connectivity index (χ1v) is 7.71. The molecule has 2 heterocycles. The molecular formula is C16H15ClN2O5. The van der Waals surface area contributed by atoms with Crippen LogP contribution in [0.4, 0.5) is 0 Å². The summed E-state index contributed by atoms with van der Waals surface area (Å²) in [5.74, 6) is -1.09. The molecule has 1 atom stereocenters. The Morgan fingerprint density at radius 1 is 1.38 bits per heavy atom. The first-order valence-electron chi connectivity index (χ1n) is 7.34. The Balaban J connectivity index is 1.95. The molecule has 3 rings (SSSR count). The number of hydrogen-bond acceptors (Lipinski definition) is 5. The van der Waals surface area contributed by atoms with Gasteiger partial charge in [0, 0.05) is 12.1 Å². The fourth-order valence-electron chi connectivity index (χ4n) is 2.60. The summed E-state index contributed by atoms with van der Waals surface area (Å²) in [5, 5.41) is 13.5. The maximum absolute atomic E-state index is 12.9. The van der Waals surface area contributed by atoms with E-state index in [4.69, 9.17) is 26.0 Å². The molecule has 24 heavy (non-hydrogen) atoms. The average molecular weight is 351 g/mol. The molecule has 1 N–H and O–H groups in total. The van der Waals surface area contributed by atoms with Gasteiger partial charge in [-0.25, -0.2) is 4.79 Å². The number of amides is 1. The first kappa shape index (κ1) is 16.5. The lowest BCUT2D eigenvalue weighted by Crippen LogP contribution is -2.48. The highest BCUT2D eigenvalue weighted by Gasteiger charge is 2.33. The van der Waals surface area contributed by atoms with Gasteiger partial charge in [-0.15, -0.1) is 0 Å². The molecule has 1 aliphatic heterocycles. The van der Waals surface area contributed by atoms with Gasteiger partial charge in [-0.05, 0) is 13.0 Å². The summed E-state index contributed by atoms with van der Waals surface area (Å²) in [4.78, 5) is 25.4. The maximum atomic E-state index is 12.9. The Morgan fingerprint density at radius 2 is 2.12 bits per heavy atom. The molecular weight excluding hydrogens is 336 g/mol. The largest absolute Gasteiger partial charge is 0.479 e. The number of halogens is 1. The zero-order chi connectivity index (χ0) is 17.3. The van der Waals surface area contributed by atoms with Gasteiger partial charge in [-0.1, -0.05) is 35.0 Å². The van der Waals surface area contributed by atoms with Crippen LogP contribution in [0.3, 0.4) is 0 Å². The van der Waals surface area contributed by atoms with Gasteiger partial charge in [0.2, 0.25) is 0 Å². The second-order valence-electron chi connectivity index (χ2n) is 5.39. The van der Waals surface area contributed by atoms with Crippen molar-refractivity contribution < 1.29 is 24.0 Å². The van der Waals surface area contributed by atoms with Crippen LogP contribution in [-0.2, 0) is 9.53 Å². The number of carboxylic acid groups (broad SMARTS) is 1. The van der Waals surface area contributed by atoms with Gasteiger partial charge >= 0.3 is 5.97 Å². The Morgan fingerprint density at radius 3 is 2.83 bits per heavy atom. The number of carboxylic acids is 1. The van der Waals surface area contributed by atoms with Crippen molar-refractivity contribution in [2.45, 2.75) is 13.0 Å². The average Bonchev–Trinajstić information content (AvgIpc) is 2.96. The molecule has 126 valence electrons. The Hall–Kier alpha value is -2.38. The van der Waals surface area contributed by atoms with Gasteiger partial charge in [0.05, 0.1) is 18.2 Å². The highest BCUT2D eigenvalue weighted by atomic mass is 35.5. The molecule has 1 amide bonds. The predicted octanol–water partition coefficient (Wildman–Crippen LogP) is 2.23. The summed E-state index contributed by atoms with van der Waals surface area (Å²) in [6.07, 6.45) is -1.04. The van der Waals surface area contributed by atoms with Gasteiger partial charge in [0.1, 0.15) is 17.0 Å². The van der Waals surface area contributed by atoms with Crippen molar-refractivity contribution in [1.82, 2.24) is 10.1 Å². The predicted molar refractivity (Wildman–Crippen MR) is 85.0 cm³/mol. The van der Waals surface area contributed by atoms with Crippen molar-refractivity contribution in [3.8, 4) is 11.3 Å². The number of hydrogen-bond donors (Lipinski definition) is 1. The Labute approximate surface area is 142 Å². The van der Waals surface area contributed by atoms with E-state index in [-0.39, 0.29) is 24.6 Å². The lowest BCUT2D eigenvalue weighted by molar-refractivity contribution is -0.154. The molecule has 2 aromatic rings. The summed E-state index contributed by atoms with van der Waals surface area (Å²) in [6.45, 7) is 2.07. The van der Waals surface area contributed by atoms with Gasteiger partial charge < -0.3 is 19.3 Å². The zero-order valence-electron chi connectivity index (χ0n) is 12.9. The van der Waals surface area contributed by atoms with Crippen molar-refractivity contribution in [2.75, 3.05) is 19.7 Å². The molecule has 0 radical (unpaired) electrons. The van der Waals surface area contributed by atoms with Gasteiger partial charge in [0.25, 0.3) is 5.91 Å². The lowest BCUT2D eigenvalue weighted by Gasteiger charge is -2.30. The summed E-state index contributed by atoms with van der Waals surface area (Å²) in [5.41, 5.74) is 1.22. The smallest absolute Gasteiger partial charge is 0.334 e. The molecule has 0 saturated carbocycles. The molecule has 1 aromatic heterocycles. The Bertz CT molecular complexity index is 789. The summed E-state index contributed by atoms with van der Waals surface area (Å²) < 4.78 is 10.3. The van der Waals surface area contributed by atoms with Crippen LogP contribution in [0.15, 0.2) is 28.8 Å². The highest BCUT2D eigenvalue weighted by molar-refractivity contribution is 6.33. The van der Waals surface area contributed by atoms with E-state index in [0.717, 1.165) is 0 Å². The summed E-state index contributed by atoms with van der Waals surface area (Å²) in [6, 6.07) is 7.01. The number of carbonyl (C=O) groups is 2. The number of aliphatic carboxylic acids is 1. The lowest BCUT2D eigenvalue weighted by atomic mass is 10.0. The van der Waals surface area contributed by atoms with E-state index < -0.39 is 12.1 Å². The van der Waals surface area contributed by atoms with Gasteiger partial charge in [0.15, 0.2) is 6.10 Å². The minimum atomic E-state index is -1.10. The van der Waals surface area contributed by atoms with Crippen LogP contribution in [0.2, 0.25) is 5.02 Å². The van der Waals surface area contributed by atoms with Gasteiger partial charge in [-0.2, -0.15) is 0 Å². The van der Waals surface area contributed by atoms with E-state index in [2.05, 4.69) is 5.16 Å². The van der Waals surface area contributed by atoms with Gasteiger partial charge in [-0.3, -0.25) is 4.79 Å². The third kappa shape index (κ3) is 3.00. The number of aromatic nitrogens is 1. The van der Waals surface area contributed by atoms with Crippen LogP contribution >= 0.6 is 11.6 Å². The van der Waals surface area contributed by atoms with E-state index in [1.54, 1.807) is 31.2 Å². The molecule has 1 aliphatic rings. The third-order valence-electron chi connectivity index (χ3n) is 3.83. The van der Waals surface area contributed by atoms with Crippen molar-refractivity contribution in [3.63, 3.8) is 0 Å². The molecule has 8 heteroatoms. The molecule has 0 bridgehead atoms. The SMILES string of the molecule is Cc1onc(-c2ccccc2Cl)c1C(=O)N1CCOC(C(=O)O)C1. The number of morpholine rings is 1. The van der Waals surface area contributed by atoms with E-state index in [0.29, 0.717) is 28.6 Å². The zero-order valence-corrected chi connectivity index (χ0v) is 13.6. The summed E-state index contributed by atoms with van der Waals surface area (Å²) in [7, 11) is 0. The summed E-state index contributed by atoms with van der Waals surface area (Å²) >= 11 is 6.19. The topological polar surface area (TPSA) is 92.9 Å². The van der Waals surface area contributed by atoms with E-state index in [9.17, 15) is 9.59 Å². The van der Waals surface area contributed by atoms with E-state index in [1.807, 2.05) is 0 Å². The van der Waals surface area contributed by atoms with Crippen LogP contribution in [0.5, 0.6) is 0 Å². The standard InChI is InChI=1S/C16H15ClN2O5/c1-9-13(14(18-24-9)10-4-2-3-5-11(10)17)15(20)19-6-7-23-12(8-19)16(21)22/h2-5,12H,6-8H2,1H3,(H,21,22). The molecule has 0 spiro atoms. The van der Waals surface area contributed by atoms with E-state index in [1.165, 1.54) is 4.90 Å². The van der Waals surface area contributed by atoms with Crippen LogP contribution < -0.4 is 0 Å². The number of benzene rings is 1. The molecule has 0 aliphatic carbocycles. The number of nitrogens with zero attached hydrogens (tertiary/aromatic N) is 2. The Kier molecular flexibility index (Phi) is 4.55. The van der Waals surface area contributed by atoms with Crippen molar-refractivity contribution >= 4 is 23.5 Å². The fourth-order valence-corrected chi connectivity index (χ4v) is 2.83. The van der Waals surface area contributed by atoms with Crippen LogP contribution in [0.1, 0.15) is 16.1 Å². The quantitative estimate of drug-likeness (QED) is 0.912. The molecule has 1 unspecified atom stereocenters. The number of ether oxygens (including phenoxy) is 1. The van der Waals surface area contributed by atoms with Crippen molar-refractivity contribution in [1.29, 1.82) is 0 Å². The van der Waals surface area contributed by atoms with Crippen molar-refractivity contribution in [2.24, 2.45) is 0 Å². The molecule has 1 saturated heterocycles. The second kappa shape index (κ2) is 6.62. The van der Waals surface area contributed by atoms with Crippen LogP contribution in [-0.4, -0.2) is 52.8 Å². The minimum absolute atomic E-state index is 0.0270. The fraction of sp³-hybridized carbons (Fsp3) is 0.312. The molecule has 1 fully saturated rings. The monoisotopic (exact) mass is 350 g/mol. The third-order valence-corrected chi connectivity index (χ3v) is 4.16. The number of rotatable bonds is 3. The number of aryl methyl sites for hydroxylation is 1. The minimum Gasteiger partial charge on any atom is -0.479 e. The first-order chi connectivity index (χ1) is 11.5. The van der Waals surface area contributed by atoms with Crippen molar-refractivity contribution in [3.05, 3.63) is 40.6 Å². The maximum Gasteiger partial charge on any atom is 0.334 e. The van der Waals surface area contributed by atoms with E-state index >= 15 is 0 Å². The van der Waals surface area contributed by atoms with Crippen LogP contribution in [0, 0.1) is 6.92 Å².